The van der Waals surface area contributed by atoms with Gasteiger partial charge in [0, 0.05) is 0 Å². The molecule has 0 aromatic rings. The number of halogens is 1. The Morgan fingerprint density at radius 1 is 0.538 bits per heavy atom. The molecule has 0 aliphatic heterocycles. The van der Waals surface area contributed by atoms with E-state index in [1.54, 1.807) is 0 Å². The van der Waals surface area contributed by atoms with Gasteiger partial charge in [-0.2, -0.15) is 0 Å². The minimum Gasteiger partial charge on any atom is -0.391 e. The zero-order valence-electron chi connectivity index (χ0n) is 18.4. The van der Waals surface area contributed by atoms with Crippen LogP contribution < -0.4 is 6.15 Å². The fourth-order valence-corrected chi connectivity index (χ4v) is 3.82. The monoisotopic (exact) mass is 487 g/mol. The molecule has 0 unspecified atom stereocenters. The van der Waals surface area contributed by atoms with Crippen LogP contribution in [0, 0.1) is 0 Å². The number of nitrogens with zero attached hydrogens (tertiary/aromatic N) is 1. The molecule has 162 valence electrons. The summed E-state index contributed by atoms with van der Waals surface area (Å²) < 4.78 is 1.11. The van der Waals surface area contributed by atoms with Crippen molar-refractivity contribution >= 4 is 24.0 Å². The van der Waals surface area contributed by atoms with Gasteiger partial charge in [0.25, 0.3) is 0 Å². The van der Waals surface area contributed by atoms with Crippen LogP contribution in [-0.2, 0) is 0 Å². The van der Waals surface area contributed by atoms with E-state index in [0.29, 0.717) is 6.61 Å². The topological polar surface area (TPSA) is 55.2 Å². The highest BCUT2D eigenvalue weighted by molar-refractivity contribution is 14.0. The van der Waals surface area contributed by atoms with Crippen molar-refractivity contribution in [2.75, 3.05) is 32.8 Å². The number of hydrogen-bond acceptors (Lipinski definition) is 2. The molecule has 0 amide bonds. The van der Waals surface area contributed by atoms with Gasteiger partial charge in [-0.1, -0.05) is 84.0 Å². The van der Waals surface area contributed by atoms with Gasteiger partial charge in [0.1, 0.15) is 6.54 Å². The van der Waals surface area contributed by atoms with Crippen LogP contribution in [-0.4, -0.2) is 42.4 Å². The van der Waals surface area contributed by atoms with Gasteiger partial charge in [-0.15, -0.1) is 24.0 Å². The van der Waals surface area contributed by atoms with Crippen molar-refractivity contribution in [3.63, 3.8) is 0 Å². The third-order valence-corrected chi connectivity index (χ3v) is 5.90. The number of aliphatic hydroxyl groups is 1. The maximum atomic E-state index is 9.26. The number of likely N-dealkylation sites (N-methyl/N-ethyl adjacent to an activating group) is 1. The van der Waals surface area contributed by atoms with Crippen LogP contribution in [0.1, 0.15) is 111 Å². The lowest BCUT2D eigenvalue weighted by Crippen LogP contribution is -2.50. The van der Waals surface area contributed by atoms with Crippen LogP contribution in [0.5, 0.6) is 0 Å². The van der Waals surface area contributed by atoms with Crippen molar-refractivity contribution in [2.45, 2.75) is 111 Å². The summed E-state index contributed by atoms with van der Waals surface area (Å²) >= 11 is 0. The molecule has 0 saturated carbocycles. The zero-order valence-corrected chi connectivity index (χ0v) is 20.8. The summed E-state index contributed by atoms with van der Waals surface area (Å²) in [6.45, 7) is 11.7. The number of unbranched alkanes of at least 4 members (excludes halogenated alkanes) is 13. The molecular formula is C22H52IN2O+. The SMILES string of the molecule is CCCCCCCCCCCCCCCC[N+](CC)(CC)CCO.I.N. The number of aliphatic hydroxyl groups excluding tert-OH is 1. The first-order valence-electron chi connectivity index (χ1n) is 11.2. The molecule has 0 aromatic heterocycles. The highest BCUT2D eigenvalue weighted by atomic mass is 127. The molecule has 4 heteroatoms. The van der Waals surface area contributed by atoms with Gasteiger partial charge in [-0.05, 0) is 26.7 Å². The summed E-state index contributed by atoms with van der Waals surface area (Å²) in [7, 11) is 0. The lowest BCUT2D eigenvalue weighted by Gasteiger charge is -2.36. The van der Waals surface area contributed by atoms with E-state index in [0.717, 1.165) is 24.1 Å². The van der Waals surface area contributed by atoms with Crippen LogP contribution in [0.25, 0.3) is 0 Å². The van der Waals surface area contributed by atoms with Crippen molar-refractivity contribution in [2.24, 2.45) is 0 Å². The minimum atomic E-state index is 0. The molecule has 0 radical (unpaired) electrons. The molecule has 4 N–H and O–H groups in total. The predicted octanol–water partition coefficient (Wildman–Crippen LogP) is 7.10. The van der Waals surface area contributed by atoms with E-state index < -0.39 is 0 Å². The van der Waals surface area contributed by atoms with Gasteiger partial charge in [-0.3, -0.25) is 0 Å². The lowest BCUT2D eigenvalue weighted by molar-refractivity contribution is -0.925. The largest absolute Gasteiger partial charge is 0.391 e. The molecule has 0 fully saturated rings. The van der Waals surface area contributed by atoms with Crippen LogP contribution in [0.4, 0.5) is 0 Å². The summed E-state index contributed by atoms with van der Waals surface area (Å²) in [4.78, 5) is 0. The zero-order chi connectivity index (χ0) is 17.9. The quantitative estimate of drug-likeness (QED) is 0.116. The van der Waals surface area contributed by atoms with E-state index in [1.165, 1.54) is 96.4 Å². The Kier molecular flexibility index (Phi) is 28.5. The van der Waals surface area contributed by atoms with E-state index in [2.05, 4.69) is 20.8 Å². The van der Waals surface area contributed by atoms with Crippen molar-refractivity contribution < 1.29 is 9.59 Å². The molecule has 0 rings (SSSR count). The lowest BCUT2D eigenvalue weighted by atomic mass is 10.0. The Balaban J connectivity index is -0.00000264. The normalized spacial score (nSPS) is 11.1. The fraction of sp³-hybridized carbons (Fsp3) is 1.00. The highest BCUT2D eigenvalue weighted by Gasteiger charge is 2.21. The summed E-state index contributed by atoms with van der Waals surface area (Å²) in [5, 5.41) is 9.26. The first kappa shape index (κ1) is 31.3. The molecule has 0 aliphatic carbocycles. The summed E-state index contributed by atoms with van der Waals surface area (Å²) in [6.07, 6.45) is 20.0. The van der Waals surface area contributed by atoms with Crippen LogP contribution in [0.2, 0.25) is 0 Å². The van der Waals surface area contributed by atoms with Gasteiger partial charge >= 0.3 is 0 Å². The fourth-order valence-electron chi connectivity index (χ4n) is 3.82. The van der Waals surface area contributed by atoms with E-state index in [-0.39, 0.29) is 30.1 Å². The molecule has 26 heavy (non-hydrogen) atoms. The van der Waals surface area contributed by atoms with Gasteiger partial charge in [-0.25, -0.2) is 0 Å². The number of quaternary nitrogens is 1. The maximum absolute atomic E-state index is 9.26. The third kappa shape index (κ3) is 18.0. The second kappa shape index (κ2) is 23.6. The Labute approximate surface area is 182 Å². The number of rotatable bonds is 19. The molecule has 0 aliphatic rings. The average molecular weight is 488 g/mol. The Morgan fingerprint density at radius 2 is 0.885 bits per heavy atom. The molecule has 0 saturated heterocycles. The van der Waals surface area contributed by atoms with Gasteiger partial charge < -0.3 is 15.7 Å². The highest BCUT2D eigenvalue weighted by Crippen LogP contribution is 2.14. The van der Waals surface area contributed by atoms with E-state index in [9.17, 15) is 5.11 Å². The molecule has 0 atom stereocenters. The predicted molar refractivity (Wildman–Crippen MR) is 129 cm³/mol. The molecule has 0 spiro atoms. The minimum absolute atomic E-state index is 0. The van der Waals surface area contributed by atoms with Crippen molar-refractivity contribution in [1.82, 2.24) is 6.15 Å². The molecule has 3 nitrogen and oxygen atoms in total. The average Bonchev–Trinajstić information content (AvgIpc) is 2.61. The maximum Gasteiger partial charge on any atom is 0.102 e. The van der Waals surface area contributed by atoms with Crippen LogP contribution >= 0.6 is 24.0 Å². The summed E-state index contributed by atoms with van der Waals surface area (Å²) in [5.41, 5.74) is 0. The smallest absolute Gasteiger partial charge is 0.102 e. The van der Waals surface area contributed by atoms with E-state index >= 15 is 0 Å². The molecular weight excluding hydrogens is 435 g/mol. The first-order chi connectivity index (χ1) is 11.7. The van der Waals surface area contributed by atoms with Crippen molar-refractivity contribution in [3.8, 4) is 0 Å². The first-order valence-corrected chi connectivity index (χ1v) is 11.2. The van der Waals surface area contributed by atoms with E-state index in [4.69, 9.17) is 0 Å². The molecule has 0 bridgehead atoms. The van der Waals surface area contributed by atoms with Crippen LogP contribution in [0.3, 0.4) is 0 Å². The second-order valence-corrected chi connectivity index (χ2v) is 7.74. The summed E-state index contributed by atoms with van der Waals surface area (Å²) in [5.74, 6) is 0. The molecule has 0 aromatic carbocycles. The van der Waals surface area contributed by atoms with Gasteiger partial charge in [0.15, 0.2) is 0 Å². The second-order valence-electron chi connectivity index (χ2n) is 7.74. The van der Waals surface area contributed by atoms with Gasteiger partial charge in [0.05, 0.1) is 26.2 Å². The standard InChI is InChI=1S/C22H48NO.HI.H3N/c1-4-7-8-9-10-11-12-13-14-15-16-17-18-19-20-23(5-2,6-3)21-22-24;;/h24H,4-22H2,1-3H3;1H;1H3/q+1;;. The van der Waals surface area contributed by atoms with Gasteiger partial charge in [0.2, 0.25) is 0 Å². The summed E-state index contributed by atoms with van der Waals surface area (Å²) in [6, 6.07) is 0. The van der Waals surface area contributed by atoms with E-state index in [1.807, 2.05) is 0 Å². The number of hydrogen-bond donors (Lipinski definition) is 2. The Hall–Kier alpha value is 0.610. The molecule has 0 heterocycles. The Bertz CT molecular complexity index is 248. The Morgan fingerprint density at radius 3 is 1.19 bits per heavy atom. The van der Waals surface area contributed by atoms with Crippen LogP contribution in [0.15, 0.2) is 0 Å². The van der Waals surface area contributed by atoms with Crippen molar-refractivity contribution in [1.29, 1.82) is 0 Å². The third-order valence-electron chi connectivity index (χ3n) is 5.90. The van der Waals surface area contributed by atoms with Crippen molar-refractivity contribution in [3.05, 3.63) is 0 Å².